The summed E-state index contributed by atoms with van der Waals surface area (Å²) in [6.07, 6.45) is 0. The standard InChI is InChI=1S/C15H17BrF2N2/c1-4-20-9(2)5-11(10(20)3)8-19-15-7-13(17)12(16)6-14(15)18/h5-7,19H,4,8H2,1-3H3. The van der Waals surface area contributed by atoms with Crippen molar-refractivity contribution in [2.45, 2.75) is 33.9 Å². The van der Waals surface area contributed by atoms with Gasteiger partial charge in [-0.1, -0.05) is 0 Å². The Balaban J connectivity index is 2.19. The molecule has 2 rings (SSSR count). The molecule has 0 aliphatic carbocycles. The van der Waals surface area contributed by atoms with E-state index in [1.54, 1.807) is 0 Å². The van der Waals surface area contributed by atoms with Crippen LogP contribution in [0.15, 0.2) is 22.7 Å². The summed E-state index contributed by atoms with van der Waals surface area (Å²) < 4.78 is 29.5. The third-order valence-electron chi connectivity index (χ3n) is 3.47. The van der Waals surface area contributed by atoms with Crippen LogP contribution in [0.25, 0.3) is 0 Å². The summed E-state index contributed by atoms with van der Waals surface area (Å²) in [4.78, 5) is 0. The topological polar surface area (TPSA) is 17.0 Å². The van der Waals surface area contributed by atoms with E-state index in [1.807, 2.05) is 13.8 Å². The van der Waals surface area contributed by atoms with Gasteiger partial charge in [0, 0.05) is 30.5 Å². The molecule has 0 amide bonds. The average Bonchev–Trinajstić information content (AvgIpc) is 2.66. The van der Waals surface area contributed by atoms with Crippen LogP contribution in [0.3, 0.4) is 0 Å². The molecule has 0 bridgehead atoms. The lowest BCUT2D eigenvalue weighted by molar-refractivity contribution is 0.596. The SMILES string of the molecule is CCn1c(C)cc(CNc2cc(F)c(Br)cc2F)c1C. The Morgan fingerprint density at radius 1 is 1.15 bits per heavy atom. The first-order chi connectivity index (χ1) is 9.43. The molecule has 20 heavy (non-hydrogen) atoms. The molecule has 0 unspecified atom stereocenters. The van der Waals surface area contributed by atoms with Crippen LogP contribution in [0.2, 0.25) is 0 Å². The van der Waals surface area contributed by atoms with E-state index in [0.29, 0.717) is 6.54 Å². The second-order valence-electron chi connectivity index (χ2n) is 4.74. The van der Waals surface area contributed by atoms with Gasteiger partial charge < -0.3 is 9.88 Å². The van der Waals surface area contributed by atoms with Gasteiger partial charge in [-0.15, -0.1) is 0 Å². The molecule has 2 nitrogen and oxygen atoms in total. The van der Waals surface area contributed by atoms with Gasteiger partial charge in [-0.05, 0) is 54.4 Å². The van der Waals surface area contributed by atoms with E-state index in [-0.39, 0.29) is 10.2 Å². The molecule has 0 radical (unpaired) electrons. The molecule has 1 aromatic heterocycles. The fourth-order valence-electron chi connectivity index (χ4n) is 2.39. The van der Waals surface area contributed by atoms with Gasteiger partial charge in [0.25, 0.3) is 0 Å². The largest absolute Gasteiger partial charge is 0.378 e. The molecule has 1 aromatic carbocycles. The van der Waals surface area contributed by atoms with Gasteiger partial charge in [0.05, 0.1) is 10.2 Å². The van der Waals surface area contributed by atoms with Crippen molar-refractivity contribution in [3.05, 3.63) is 51.3 Å². The second kappa shape index (κ2) is 5.95. The maximum atomic E-state index is 13.7. The fraction of sp³-hybridized carbons (Fsp3) is 0.333. The van der Waals surface area contributed by atoms with Gasteiger partial charge >= 0.3 is 0 Å². The summed E-state index contributed by atoms with van der Waals surface area (Å²) >= 11 is 2.96. The van der Waals surface area contributed by atoms with E-state index in [1.165, 1.54) is 11.8 Å². The van der Waals surface area contributed by atoms with Crippen molar-refractivity contribution in [1.29, 1.82) is 0 Å². The van der Waals surface area contributed by atoms with Crippen molar-refractivity contribution in [1.82, 2.24) is 4.57 Å². The molecule has 108 valence electrons. The van der Waals surface area contributed by atoms with Crippen molar-refractivity contribution < 1.29 is 8.78 Å². The Morgan fingerprint density at radius 3 is 2.45 bits per heavy atom. The Morgan fingerprint density at radius 2 is 1.85 bits per heavy atom. The number of nitrogens with one attached hydrogen (secondary N) is 1. The van der Waals surface area contributed by atoms with Gasteiger partial charge in [-0.3, -0.25) is 0 Å². The summed E-state index contributed by atoms with van der Waals surface area (Å²) in [5, 5.41) is 2.95. The second-order valence-corrected chi connectivity index (χ2v) is 5.59. The highest BCUT2D eigenvalue weighted by atomic mass is 79.9. The Bertz CT molecular complexity index is 635. The van der Waals surface area contributed by atoms with Crippen LogP contribution in [-0.4, -0.2) is 4.57 Å². The maximum Gasteiger partial charge on any atom is 0.147 e. The molecule has 1 heterocycles. The monoisotopic (exact) mass is 342 g/mol. The summed E-state index contributed by atoms with van der Waals surface area (Å²) in [5.41, 5.74) is 3.58. The lowest BCUT2D eigenvalue weighted by Crippen LogP contribution is -2.04. The van der Waals surface area contributed by atoms with Crippen molar-refractivity contribution >= 4 is 21.6 Å². The van der Waals surface area contributed by atoms with Crippen molar-refractivity contribution in [2.24, 2.45) is 0 Å². The minimum absolute atomic E-state index is 0.129. The van der Waals surface area contributed by atoms with Crippen LogP contribution in [0.4, 0.5) is 14.5 Å². The van der Waals surface area contributed by atoms with Crippen LogP contribution in [0, 0.1) is 25.5 Å². The van der Waals surface area contributed by atoms with E-state index in [9.17, 15) is 8.78 Å². The Hall–Kier alpha value is -1.36. The van der Waals surface area contributed by atoms with Crippen molar-refractivity contribution in [3.63, 3.8) is 0 Å². The zero-order valence-corrected chi connectivity index (χ0v) is 13.3. The quantitative estimate of drug-likeness (QED) is 0.791. The molecule has 0 atom stereocenters. The van der Waals surface area contributed by atoms with Gasteiger partial charge in [-0.25, -0.2) is 8.78 Å². The van der Waals surface area contributed by atoms with E-state index in [4.69, 9.17) is 0 Å². The van der Waals surface area contributed by atoms with Gasteiger partial charge in [-0.2, -0.15) is 0 Å². The zero-order chi connectivity index (χ0) is 14.9. The zero-order valence-electron chi connectivity index (χ0n) is 11.7. The van der Waals surface area contributed by atoms with E-state index >= 15 is 0 Å². The van der Waals surface area contributed by atoms with E-state index < -0.39 is 11.6 Å². The number of halogens is 3. The van der Waals surface area contributed by atoms with Crippen LogP contribution < -0.4 is 5.32 Å². The number of benzene rings is 1. The molecule has 0 fully saturated rings. The summed E-state index contributed by atoms with van der Waals surface area (Å²) in [7, 11) is 0. The highest BCUT2D eigenvalue weighted by Crippen LogP contribution is 2.24. The van der Waals surface area contributed by atoms with Crippen LogP contribution in [-0.2, 0) is 13.1 Å². The number of anilines is 1. The molecule has 0 saturated heterocycles. The first kappa shape index (κ1) is 15.0. The lowest BCUT2D eigenvalue weighted by atomic mass is 10.2. The molecule has 5 heteroatoms. The van der Waals surface area contributed by atoms with Crippen LogP contribution in [0.1, 0.15) is 23.9 Å². The third-order valence-corrected chi connectivity index (χ3v) is 4.08. The predicted octanol–water partition coefficient (Wildman–Crippen LogP) is 4.78. The van der Waals surface area contributed by atoms with Crippen molar-refractivity contribution in [2.75, 3.05) is 5.32 Å². The number of nitrogens with zero attached hydrogens (tertiary/aromatic N) is 1. The summed E-state index contributed by atoms with van der Waals surface area (Å²) in [6.45, 7) is 7.53. The molecule has 0 spiro atoms. The highest BCUT2D eigenvalue weighted by Gasteiger charge is 2.11. The first-order valence-corrected chi connectivity index (χ1v) is 7.27. The van der Waals surface area contributed by atoms with Gasteiger partial charge in [0.2, 0.25) is 0 Å². The molecule has 2 aromatic rings. The Kier molecular flexibility index (Phi) is 4.48. The minimum Gasteiger partial charge on any atom is -0.378 e. The van der Waals surface area contributed by atoms with E-state index in [2.05, 4.69) is 38.8 Å². The fourth-order valence-corrected chi connectivity index (χ4v) is 2.70. The number of rotatable bonds is 4. The summed E-state index contributed by atoms with van der Waals surface area (Å²) in [6, 6.07) is 4.37. The molecule has 0 aliphatic heterocycles. The smallest absolute Gasteiger partial charge is 0.147 e. The van der Waals surface area contributed by atoms with Gasteiger partial charge in [0.15, 0.2) is 0 Å². The third kappa shape index (κ3) is 2.87. The number of aromatic nitrogens is 1. The highest BCUT2D eigenvalue weighted by molar-refractivity contribution is 9.10. The Labute approximate surface area is 125 Å². The van der Waals surface area contributed by atoms with Crippen LogP contribution in [0.5, 0.6) is 0 Å². The molecule has 1 N–H and O–H groups in total. The molecule has 0 saturated carbocycles. The van der Waals surface area contributed by atoms with Gasteiger partial charge in [0.1, 0.15) is 11.6 Å². The molecular formula is C15H17BrF2N2. The summed E-state index contributed by atoms with van der Waals surface area (Å²) in [5.74, 6) is -0.949. The lowest BCUT2D eigenvalue weighted by Gasteiger charge is -2.09. The number of hydrogen-bond donors (Lipinski definition) is 1. The van der Waals surface area contributed by atoms with E-state index in [0.717, 1.165) is 23.9 Å². The number of hydrogen-bond acceptors (Lipinski definition) is 1. The normalized spacial score (nSPS) is 10.9. The molecule has 0 aliphatic rings. The minimum atomic E-state index is -0.479. The maximum absolute atomic E-state index is 13.7. The average molecular weight is 343 g/mol. The van der Waals surface area contributed by atoms with Crippen LogP contribution >= 0.6 is 15.9 Å². The van der Waals surface area contributed by atoms with Crippen molar-refractivity contribution in [3.8, 4) is 0 Å². The first-order valence-electron chi connectivity index (χ1n) is 6.48. The predicted molar refractivity (Wildman–Crippen MR) is 81.0 cm³/mol. The molecular weight excluding hydrogens is 326 g/mol. The number of aryl methyl sites for hydroxylation is 1.